The van der Waals surface area contributed by atoms with Gasteiger partial charge in [0.1, 0.15) is 0 Å². The molecule has 1 fully saturated rings. The normalized spacial score (nSPS) is 15.7. The number of carbonyl (C=O) groups excluding carboxylic acids is 1. The average molecular weight is 416 g/mol. The van der Waals surface area contributed by atoms with Crippen LogP contribution >= 0.6 is 0 Å². The van der Waals surface area contributed by atoms with Crippen LogP contribution in [-0.4, -0.2) is 50.3 Å². The van der Waals surface area contributed by atoms with Crippen LogP contribution in [0.4, 0.5) is 0 Å². The van der Waals surface area contributed by atoms with Crippen molar-refractivity contribution in [2.24, 2.45) is 5.14 Å². The van der Waals surface area contributed by atoms with Gasteiger partial charge in [-0.2, -0.15) is 0 Å². The fourth-order valence-electron chi connectivity index (χ4n) is 3.60. The van der Waals surface area contributed by atoms with E-state index in [2.05, 4.69) is 43.0 Å². The van der Waals surface area contributed by atoms with Crippen molar-refractivity contribution in [3.05, 3.63) is 64.7 Å². The van der Waals surface area contributed by atoms with Crippen molar-refractivity contribution >= 4 is 15.9 Å². The van der Waals surface area contributed by atoms with Gasteiger partial charge >= 0.3 is 0 Å². The summed E-state index contributed by atoms with van der Waals surface area (Å²) in [5, 5.41) is 5.26. The molecule has 0 atom stereocenters. The Balaban J connectivity index is 1.61. The molecule has 0 saturated carbocycles. The zero-order chi connectivity index (χ0) is 21.2. The Morgan fingerprint density at radius 2 is 1.66 bits per heavy atom. The van der Waals surface area contributed by atoms with Gasteiger partial charge in [0.25, 0.3) is 5.91 Å². The van der Waals surface area contributed by atoms with E-state index in [9.17, 15) is 13.2 Å². The maximum Gasteiger partial charge on any atom is 0.253 e. The van der Waals surface area contributed by atoms with Gasteiger partial charge in [-0.05, 0) is 41.7 Å². The van der Waals surface area contributed by atoms with Crippen molar-refractivity contribution in [2.75, 3.05) is 26.2 Å². The molecule has 0 aromatic heterocycles. The number of nitrogens with two attached hydrogens (primary N) is 1. The zero-order valence-electron chi connectivity index (χ0n) is 17.3. The monoisotopic (exact) mass is 415 g/mol. The molecule has 3 rings (SSSR count). The highest BCUT2D eigenvalue weighted by molar-refractivity contribution is 7.89. The van der Waals surface area contributed by atoms with Crippen molar-refractivity contribution in [3.63, 3.8) is 0 Å². The van der Waals surface area contributed by atoms with Crippen molar-refractivity contribution < 1.29 is 13.2 Å². The third-order valence-corrected chi connectivity index (χ3v) is 6.51. The van der Waals surface area contributed by atoms with Crippen LogP contribution in [0.3, 0.4) is 0 Å². The molecule has 0 radical (unpaired) electrons. The SMILES string of the molecule is Cc1ccc(C(=O)N2CCN(Cc3ccc(C(C)C)cc3)CC2)cc1S(N)(=O)=O. The molecule has 1 aliphatic heterocycles. The molecule has 0 spiro atoms. The first kappa shape index (κ1) is 21.5. The van der Waals surface area contributed by atoms with E-state index < -0.39 is 10.0 Å². The molecular formula is C22H29N3O3S. The maximum absolute atomic E-state index is 12.8. The Labute approximate surface area is 173 Å². The fourth-order valence-corrected chi connectivity index (χ4v) is 4.41. The predicted molar refractivity (Wildman–Crippen MR) is 114 cm³/mol. The van der Waals surface area contributed by atoms with Crippen LogP contribution in [0.2, 0.25) is 0 Å². The smallest absolute Gasteiger partial charge is 0.253 e. The number of rotatable bonds is 5. The number of amides is 1. The second-order valence-corrected chi connectivity index (χ2v) is 9.52. The number of primary sulfonamides is 1. The maximum atomic E-state index is 12.8. The van der Waals surface area contributed by atoms with Gasteiger partial charge in [-0.15, -0.1) is 0 Å². The Bertz CT molecular complexity index is 977. The summed E-state index contributed by atoms with van der Waals surface area (Å²) in [6, 6.07) is 13.4. The minimum absolute atomic E-state index is 0.00632. The van der Waals surface area contributed by atoms with Gasteiger partial charge in [0.2, 0.25) is 10.0 Å². The standard InChI is InChI=1S/C22H29N3O3S/c1-16(2)19-8-5-18(6-9-19)15-24-10-12-25(13-11-24)22(26)20-7-4-17(3)21(14-20)29(23,27)28/h4-9,14,16H,10-13,15H2,1-3H3,(H2,23,27,28). The quantitative estimate of drug-likeness (QED) is 0.814. The minimum Gasteiger partial charge on any atom is -0.336 e. The number of carbonyl (C=O) groups is 1. The van der Waals surface area contributed by atoms with E-state index in [0.29, 0.717) is 30.1 Å². The first-order chi connectivity index (χ1) is 13.6. The van der Waals surface area contributed by atoms with E-state index in [1.165, 1.54) is 17.2 Å². The molecule has 1 heterocycles. The molecule has 1 aliphatic rings. The molecule has 156 valence electrons. The van der Waals surface area contributed by atoms with Gasteiger partial charge in [0, 0.05) is 38.3 Å². The highest BCUT2D eigenvalue weighted by Gasteiger charge is 2.23. The summed E-state index contributed by atoms with van der Waals surface area (Å²) in [7, 11) is -3.85. The Morgan fingerprint density at radius 3 is 2.21 bits per heavy atom. The lowest BCUT2D eigenvalue weighted by Gasteiger charge is -2.35. The van der Waals surface area contributed by atoms with Crippen LogP contribution in [0.25, 0.3) is 0 Å². The van der Waals surface area contributed by atoms with Crippen LogP contribution in [0.5, 0.6) is 0 Å². The number of piperazine rings is 1. The molecular weight excluding hydrogens is 386 g/mol. The van der Waals surface area contributed by atoms with Gasteiger partial charge in [-0.25, -0.2) is 13.6 Å². The summed E-state index contributed by atoms with van der Waals surface area (Å²) in [5.74, 6) is 0.367. The van der Waals surface area contributed by atoms with E-state index in [1.807, 2.05) is 0 Å². The van der Waals surface area contributed by atoms with E-state index in [4.69, 9.17) is 5.14 Å². The van der Waals surface area contributed by atoms with Crippen LogP contribution in [0, 0.1) is 6.92 Å². The molecule has 1 amide bonds. The second-order valence-electron chi connectivity index (χ2n) is 7.99. The predicted octanol–water partition coefficient (Wildman–Crippen LogP) is 2.72. The molecule has 0 aliphatic carbocycles. The van der Waals surface area contributed by atoms with Crippen LogP contribution in [0.15, 0.2) is 47.4 Å². The number of benzene rings is 2. The molecule has 6 nitrogen and oxygen atoms in total. The number of hydrogen-bond donors (Lipinski definition) is 1. The largest absolute Gasteiger partial charge is 0.336 e. The van der Waals surface area contributed by atoms with Crippen molar-refractivity contribution in [1.29, 1.82) is 0 Å². The summed E-state index contributed by atoms with van der Waals surface area (Å²) < 4.78 is 23.5. The van der Waals surface area contributed by atoms with Gasteiger partial charge < -0.3 is 4.90 Å². The van der Waals surface area contributed by atoms with Gasteiger partial charge in [-0.1, -0.05) is 44.2 Å². The third kappa shape index (κ3) is 5.23. The van der Waals surface area contributed by atoms with E-state index in [-0.39, 0.29) is 10.8 Å². The Kier molecular flexibility index (Phi) is 6.41. The first-order valence-corrected chi connectivity index (χ1v) is 11.4. The van der Waals surface area contributed by atoms with Crippen LogP contribution in [0.1, 0.15) is 46.8 Å². The summed E-state index contributed by atoms with van der Waals surface area (Å²) >= 11 is 0. The molecule has 0 unspecified atom stereocenters. The molecule has 0 bridgehead atoms. The van der Waals surface area contributed by atoms with Gasteiger partial charge in [0.15, 0.2) is 0 Å². The van der Waals surface area contributed by atoms with E-state index >= 15 is 0 Å². The van der Waals surface area contributed by atoms with E-state index in [1.54, 1.807) is 24.0 Å². The number of aryl methyl sites for hydroxylation is 1. The molecule has 29 heavy (non-hydrogen) atoms. The fraction of sp³-hybridized carbons (Fsp3) is 0.409. The van der Waals surface area contributed by atoms with Gasteiger partial charge in [-0.3, -0.25) is 9.69 Å². The van der Waals surface area contributed by atoms with Crippen LogP contribution < -0.4 is 5.14 Å². The van der Waals surface area contributed by atoms with Crippen molar-refractivity contribution in [2.45, 2.75) is 38.1 Å². The lowest BCUT2D eigenvalue weighted by Crippen LogP contribution is -2.48. The molecule has 1 saturated heterocycles. The molecule has 2 N–H and O–H groups in total. The van der Waals surface area contributed by atoms with E-state index in [0.717, 1.165) is 19.6 Å². The lowest BCUT2D eigenvalue weighted by molar-refractivity contribution is 0.0628. The zero-order valence-corrected chi connectivity index (χ0v) is 18.1. The highest BCUT2D eigenvalue weighted by atomic mass is 32.2. The summed E-state index contributed by atoms with van der Waals surface area (Å²) in [5.41, 5.74) is 3.50. The Hall–Kier alpha value is -2.22. The van der Waals surface area contributed by atoms with Gasteiger partial charge in [0.05, 0.1) is 4.90 Å². The second kappa shape index (κ2) is 8.65. The van der Waals surface area contributed by atoms with Crippen molar-refractivity contribution in [1.82, 2.24) is 9.80 Å². The molecule has 2 aromatic rings. The lowest BCUT2D eigenvalue weighted by atomic mass is 10.0. The summed E-state index contributed by atoms with van der Waals surface area (Å²) in [4.78, 5) is 16.9. The average Bonchev–Trinajstić information content (AvgIpc) is 2.68. The highest BCUT2D eigenvalue weighted by Crippen LogP contribution is 2.19. The number of hydrogen-bond acceptors (Lipinski definition) is 4. The number of sulfonamides is 1. The Morgan fingerprint density at radius 1 is 1.03 bits per heavy atom. The third-order valence-electron chi connectivity index (χ3n) is 5.45. The minimum atomic E-state index is -3.85. The first-order valence-electron chi connectivity index (χ1n) is 9.89. The van der Waals surface area contributed by atoms with Crippen LogP contribution in [-0.2, 0) is 16.6 Å². The summed E-state index contributed by atoms with van der Waals surface area (Å²) in [6.45, 7) is 9.69. The number of nitrogens with zero attached hydrogens (tertiary/aromatic N) is 2. The van der Waals surface area contributed by atoms with Crippen molar-refractivity contribution in [3.8, 4) is 0 Å². The molecule has 7 heteroatoms. The molecule has 2 aromatic carbocycles. The topological polar surface area (TPSA) is 83.7 Å². The summed E-state index contributed by atoms with van der Waals surface area (Å²) in [6.07, 6.45) is 0.